The van der Waals surface area contributed by atoms with E-state index in [4.69, 9.17) is 14.5 Å². The van der Waals surface area contributed by atoms with Crippen LogP contribution in [0.1, 0.15) is 36.5 Å². The van der Waals surface area contributed by atoms with E-state index in [1.165, 1.54) is 28.9 Å². The summed E-state index contributed by atoms with van der Waals surface area (Å²) in [5.74, 6) is 2.76. The van der Waals surface area contributed by atoms with Gasteiger partial charge < -0.3 is 19.7 Å². The molecule has 0 unspecified atom stereocenters. The summed E-state index contributed by atoms with van der Waals surface area (Å²) in [6, 6.07) is 11.4. The normalized spacial score (nSPS) is 13.8. The highest BCUT2D eigenvalue weighted by Gasteiger charge is 2.21. The molecule has 0 radical (unpaired) electrons. The van der Waals surface area contributed by atoms with E-state index in [-0.39, 0.29) is 17.2 Å². The van der Waals surface area contributed by atoms with Crippen LogP contribution in [0.25, 0.3) is 11.2 Å². The molecule has 0 aliphatic carbocycles. The second-order valence-electron chi connectivity index (χ2n) is 12.0. The zero-order chi connectivity index (χ0) is 34.1. The van der Waals surface area contributed by atoms with E-state index in [1.807, 2.05) is 12.1 Å². The molecule has 0 saturated carbocycles. The largest absolute Gasteiger partial charge is 0.493 e. The second-order valence-corrected chi connectivity index (χ2v) is 12.0. The lowest BCUT2D eigenvalue weighted by molar-refractivity contribution is 0.363. The van der Waals surface area contributed by atoms with E-state index < -0.39 is 11.2 Å². The van der Waals surface area contributed by atoms with Gasteiger partial charge in [-0.25, -0.2) is 10.2 Å². The number of rotatable bonds is 9. The van der Waals surface area contributed by atoms with Crippen molar-refractivity contribution >= 4 is 40.9 Å². The summed E-state index contributed by atoms with van der Waals surface area (Å²) in [7, 11) is 6.15. The highest BCUT2D eigenvalue weighted by atomic mass is 16.5. The number of hydrazone groups is 1. The number of anilines is 4. The molecular weight excluding hydrogens is 614 g/mol. The number of benzene rings is 2. The standard InChI is InChI=1S/C33H39N11O4/c1-19-13-15-44(16-14-19)31-38-29(35-23-10-8-9-20(2)21(23)3)37-30(39-31)40-34-18-22-11-12-24(25(17-22)47-7)48-32-36-27-26(41(32)4)28(45)43(6)33(46)42(27)5/h8-12,17-19H,13-16H2,1-7H3,(H2,35,37,38,39,40). The first-order valence-corrected chi connectivity index (χ1v) is 15.7. The number of piperidine rings is 1. The summed E-state index contributed by atoms with van der Waals surface area (Å²) >= 11 is 0. The highest BCUT2D eigenvalue weighted by Crippen LogP contribution is 2.32. The summed E-state index contributed by atoms with van der Waals surface area (Å²) in [6.07, 6.45) is 3.76. The Morgan fingerprint density at radius 3 is 2.42 bits per heavy atom. The third-order valence-corrected chi connectivity index (χ3v) is 8.74. The molecule has 0 amide bonds. The van der Waals surface area contributed by atoms with Crippen molar-refractivity contribution in [3.8, 4) is 17.5 Å². The molecule has 3 aromatic heterocycles. The average Bonchev–Trinajstić information content (AvgIpc) is 3.41. The third-order valence-electron chi connectivity index (χ3n) is 8.74. The van der Waals surface area contributed by atoms with E-state index in [0.717, 1.165) is 41.7 Å². The molecule has 15 heteroatoms. The number of aryl methyl sites for hydroxylation is 3. The Morgan fingerprint density at radius 2 is 1.67 bits per heavy atom. The van der Waals surface area contributed by atoms with Gasteiger partial charge >= 0.3 is 11.7 Å². The van der Waals surface area contributed by atoms with Crippen LogP contribution in [-0.4, -0.2) is 60.1 Å². The minimum absolute atomic E-state index is 0.128. The molecule has 48 heavy (non-hydrogen) atoms. The van der Waals surface area contributed by atoms with Gasteiger partial charge in [-0.1, -0.05) is 19.1 Å². The number of nitrogens with zero attached hydrogens (tertiary/aromatic N) is 9. The minimum Gasteiger partial charge on any atom is -0.493 e. The van der Waals surface area contributed by atoms with Gasteiger partial charge in [0, 0.05) is 39.9 Å². The van der Waals surface area contributed by atoms with Crippen LogP contribution in [-0.2, 0) is 21.1 Å². The van der Waals surface area contributed by atoms with Gasteiger partial charge in [-0.05, 0) is 73.6 Å². The van der Waals surface area contributed by atoms with Crippen LogP contribution in [0.2, 0.25) is 0 Å². The quantitative estimate of drug-likeness (QED) is 0.175. The minimum atomic E-state index is -0.477. The molecule has 0 spiro atoms. The zero-order valence-corrected chi connectivity index (χ0v) is 28.1. The topological polar surface area (TPSA) is 159 Å². The fraction of sp³-hybridized carbons (Fsp3) is 0.364. The Labute approximate surface area is 276 Å². The molecule has 2 N–H and O–H groups in total. The Balaban J connectivity index is 1.24. The van der Waals surface area contributed by atoms with Crippen LogP contribution in [0.4, 0.5) is 23.5 Å². The lowest BCUT2D eigenvalue weighted by Crippen LogP contribution is -2.37. The van der Waals surface area contributed by atoms with E-state index in [1.54, 1.807) is 38.5 Å². The van der Waals surface area contributed by atoms with Crippen LogP contribution in [0.15, 0.2) is 51.1 Å². The zero-order valence-electron chi connectivity index (χ0n) is 28.1. The van der Waals surface area contributed by atoms with Gasteiger partial charge in [-0.2, -0.15) is 25.0 Å². The number of fused-ring (bicyclic) bond motifs is 1. The molecule has 5 aromatic rings. The average molecular weight is 654 g/mol. The molecule has 15 nitrogen and oxygen atoms in total. The first-order valence-electron chi connectivity index (χ1n) is 15.7. The van der Waals surface area contributed by atoms with Crippen molar-refractivity contribution in [2.75, 3.05) is 35.8 Å². The fourth-order valence-electron chi connectivity index (χ4n) is 5.53. The van der Waals surface area contributed by atoms with Crippen molar-refractivity contribution in [2.45, 2.75) is 33.6 Å². The maximum Gasteiger partial charge on any atom is 0.332 e. The molecule has 6 rings (SSSR count). The Bertz CT molecular complexity index is 2140. The first kappa shape index (κ1) is 32.2. The fourth-order valence-corrected chi connectivity index (χ4v) is 5.53. The lowest BCUT2D eigenvalue weighted by Gasteiger charge is -2.30. The maximum absolute atomic E-state index is 12.8. The second kappa shape index (κ2) is 13.2. The third kappa shape index (κ3) is 6.30. The summed E-state index contributed by atoms with van der Waals surface area (Å²) in [5, 5.41) is 7.76. The number of methoxy groups -OCH3 is 1. The predicted molar refractivity (Wildman–Crippen MR) is 185 cm³/mol. The number of ether oxygens (including phenoxy) is 2. The van der Waals surface area contributed by atoms with Crippen molar-refractivity contribution in [3.05, 3.63) is 73.9 Å². The summed E-state index contributed by atoms with van der Waals surface area (Å²) in [6.45, 7) is 8.13. The van der Waals surface area contributed by atoms with Gasteiger partial charge in [-0.15, -0.1) is 0 Å². The molecule has 1 aliphatic heterocycles. The molecule has 1 fully saturated rings. The van der Waals surface area contributed by atoms with E-state index in [2.05, 4.69) is 62.5 Å². The summed E-state index contributed by atoms with van der Waals surface area (Å²) in [4.78, 5) is 45.8. The number of imidazole rings is 1. The van der Waals surface area contributed by atoms with E-state index >= 15 is 0 Å². The van der Waals surface area contributed by atoms with E-state index in [0.29, 0.717) is 40.8 Å². The van der Waals surface area contributed by atoms with Crippen LogP contribution in [0, 0.1) is 19.8 Å². The van der Waals surface area contributed by atoms with Crippen LogP contribution in [0.5, 0.6) is 17.5 Å². The monoisotopic (exact) mass is 653 g/mol. The number of hydrogen-bond acceptors (Lipinski definition) is 12. The summed E-state index contributed by atoms with van der Waals surface area (Å²) in [5.41, 5.74) is 6.40. The highest BCUT2D eigenvalue weighted by molar-refractivity contribution is 5.81. The molecule has 250 valence electrons. The SMILES string of the molecule is COc1cc(C=NNc2nc(Nc3cccc(C)c3C)nc(N3CCC(C)CC3)n2)ccc1Oc1nc2c(c(=O)n(C)c(=O)n2C)n1C. The Hall–Kier alpha value is -5.73. The maximum atomic E-state index is 12.8. The molecule has 2 aromatic carbocycles. The Morgan fingerprint density at radius 1 is 0.917 bits per heavy atom. The van der Waals surface area contributed by atoms with Crippen molar-refractivity contribution in [2.24, 2.45) is 32.2 Å². The van der Waals surface area contributed by atoms with Gasteiger partial charge in [-0.3, -0.25) is 18.5 Å². The number of hydrogen-bond donors (Lipinski definition) is 2. The molecule has 0 atom stereocenters. The van der Waals surface area contributed by atoms with Gasteiger partial charge in [0.1, 0.15) is 0 Å². The lowest BCUT2D eigenvalue weighted by atomic mass is 10.00. The Kier molecular flexibility index (Phi) is 8.84. The van der Waals surface area contributed by atoms with Crippen molar-refractivity contribution in [1.29, 1.82) is 0 Å². The number of aromatic nitrogens is 7. The van der Waals surface area contributed by atoms with Gasteiger partial charge in [0.25, 0.3) is 5.56 Å². The van der Waals surface area contributed by atoms with Gasteiger partial charge in [0.05, 0.1) is 13.3 Å². The van der Waals surface area contributed by atoms with Crippen LogP contribution in [0.3, 0.4) is 0 Å². The van der Waals surface area contributed by atoms with Crippen molar-refractivity contribution in [3.63, 3.8) is 0 Å². The van der Waals surface area contributed by atoms with Gasteiger partial charge in [0.15, 0.2) is 22.7 Å². The van der Waals surface area contributed by atoms with Gasteiger partial charge in [0.2, 0.25) is 17.8 Å². The molecule has 0 bridgehead atoms. The molecule has 1 aliphatic rings. The van der Waals surface area contributed by atoms with Crippen molar-refractivity contribution < 1.29 is 9.47 Å². The molecule has 1 saturated heterocycles. The van der Waals surface area contributed by atoms with E-state index in [9.17, 15) is 9.59 Å². The molecule has 4 heterocycles. The smallest absolute Gasteiger partial charge is 0.332 e. The number of nitrogens with one attached hydrogen (secondary N) is 2. The molecular formula is C33H39N11O4. The summed E-state index contributed by atoms with van der Waals surface area (Å²) < 4.78 is 15.5. The van der Waals surface area contributed by atoms with Crippen LogP contribution >= 0.6 is 0 Å². The first-order chi connectivity index (χ1) is 23.0. The van der Waals surface area contributed by atoms with Crippen molar-refractivity contribution in [1.82, 2.24) is 33.6 Å². The predicted octanol–water partition coefficient (Wildman–Crippen LogP) is 4.00. The van der Waals surface area contributed by atoms with Crippen LogP contribution < -0.4 is 36.4 Å².